The predicted molar refractivity (Wildman–Crippen MR) is 118 cm³/mol. The van der Waals surface area contributed by atoms with Crippen LogP contribution in [0.25, 0.3) is 0 Å². The van der Waals surface area contributed by atoms with Gasteiger partial charge in [-0.25, -0.2) is 0 Å². The van der Waals surface area contributed by atoms with Crippen molar-refractivity contribution in [2.24, 2.45) is 23.2 Å². The lowest BCUT2D eigenvalue weighted by atomic mass is 9.75. The van der Waals surface area contributed by atoms with Crippen LogP contribution in [-0.2, 0) is 4.74 Å². The molecule has 0 spiro atoms. The van der Waals surface area contributed by atoms with Gasteiger partial charge in [0.25, 0.3) is 0 Å². The molecule has 5 aliphatic rings. The summed E-state index contributed by atoms with van der Waals surface area (Å²) in [6.07, 6.45) is 6.62. The van der Waals surface area contributed by atoms with Crippen molar-refractivity contribution in [2.45, 2.75) is 96.9 Å². The van der Waals surface area contributed by atoms with E-state index in [1.807, 2.05) is 32.5 Å². The van der Waals surface area contributed by atoms with E-state index >= 15 is 0 Å². The average molecular weight is 408 g/mol. The van der Waals surface area contributed by atoms with E-state index < -0.39 is 24.7 Å². The summed E-state index contributed by atoms with van der Waals surface area (Å²) in [7, 11) is 0. The fourth-order valence-electron chi connectivity index (χ4n) is 5.91. The molecule has 0 saturated carbocycles. The summed E-state index contributed by atoms with van der Waals surface area (Å²) in [4.78, 5) is 1.30. The summed E-state index contributed by atoms with van der Waals surface area (Å²) >= 11 is 1.81. The van der Waals surface area contributed by atoms with E-state index in [0.717, 1.165) is 43.6 Å². The fraction of sp³-hybridized carbons (Fsp3) is 0.833. The molecule has 0 radical (unpaired) electrons. The van der Waals surface area contributed by atoms with Crippen LogP contribution in [-0.4, -0.2) is 30.1 Å². The lowest BCUT2D eigenvalue weighted by Gasteiger charge is -2.36. The van der Waals surface area contributed by atoms with Crippen LogP contribution in [0.2, 0.25) is 0 Å². The van der Waals surface area contributed by atoms with Crippen molar-refractivity contribution >= 4 is 11.8 Å². The molecule has 0 bridgehead atoms. The van der Waals surface area contributed by atoms with Gasteiger partial charge in [0.1, 0.15) is 5.76 Å². The van der Waals surface area contributed by atoms with Gasteiger partial charge < -0.3 is 10.1 Å². The monoisotopic (exact) mass is 407 g/mol. The molecule has 2 N–H and O–H groups in total. The molecule has 0 aromatic heterocycles. The second-order valence-corrected chi connectivity index (χ2v) is 11.3. The molecule has 3 fully saturated rings. The van der Waals surface area contributed by atoms with Crippen molar-refractivity contribution in [3.63, 3.8) is 0 Å². The summed E-state index contributed by atoms with van der Waals surface area (Å²) in [6.45, 7) is 4.02. The third-order valence-corrected chi connectivity index (χ3v) is 8.32. The van der Waals surface area contributed by atoms with Gasteiger partial charge in [0, 0.05) is 42.6 Å². The third-order valence-electron chi connectivity index (χ3n) is 7.04. The van der Waals surface area contributed by atoms with Gasteiger partial charge in [0.2, 0.25) is 0 Å². The molecule has 0 aromatic rings. The Hall–Kier alpha value is -0.450. The number of ether oxygens (including phenoxy) is 1. The van der Waals surface area contributed by atoms with Crippen LogP contribution in [0.5, 0.6) is 0 Å². The van der Waals surface area contributed by atoms with Gasteiger partial charge in [-0.15, -0.1) is 11.8 Å². The summed E-state index contributed by atoms with van der Waals surface area (Å²) < 4.78 is 47.7. The fourth-order valence-corrected chi connectivity index (χ4v) is 7.18. The highest BCUT2D eigenvalue weighted by Crippen LogP contribution is 2.49. The largest absolute Gasteiger partial charge is 0.479 e. The quantitative estimate of drug-likeness (QED) is 0.659. The summed E-state index contributed by atoms with van der Waals surface area (Å²) in [5.41, 5.74) is 0.921. The summed E-state index contributed by atoms with van der Waals surface area (Å²) in [6, 6.07) is -0.262. The predicted octanol–water partition coefficient (Wildman–Crippen LogP) is 5.20. The molecule has 0 amide bonds. The van der Waals surface area contributed by atoms with E-state index in [1.165, 1.54) is 10.5 Å². The van der Waals surface area contributed by atoms with Crippen LogP contribution >= 0.6 is 11.8 Å². The van der Waals surface area contributed by atoms with Crippen molar-refractivity contribution in [3.8, 4) is 0 Å². The van der Waals surface area contributed by atoms with Gasteiger partial charge in [-0.1, -0.05) is 26.8 Å². The number of piperidine rings is 1. The lowest BCUT2D eigenvalue weighted by molar-refractivity contribution is 0.0574. The van der Waals surface area contributed by atoms with Crippen molar-refractivity contribution in [1.29, 1.82) is 0 Å². The molecule has 3 nitrogen and oxygen atoms in total. The van der Waals surface area contributed by atoms with E-state index in [9.17, 15) is 0 Å². The maximum atomic E-state index is 8.90. The first-order valence-corrected chi connectivity index (χ1v) is 12.1. The van der Waals surface area contributed by atoms with Gasteiger partial charge in [0.15, 0.2) is 6.23 Å². The summed E-state index contributed by atoms with van der Waals surface area (Å²) in [5, 5.41) is 7.17. The maximum absolute atomic E-state index is 8.90. The number of hydrogen-bond acceptors (Lipinski definition) is 4. The van der Waals surface area contributed by atoms with Gasteiger partial charge in [-0.3, -0.25) is 5.32 Å². The zero-order valence-electron chi connectivity index (χ0n) is 22.4. The molecule has 2 unspecified atom stereocenters. The minimum absolute atomic E-state index is 0.0539. The molecule has 0 aromatic carbocycles. The zero-order chi connectivity index (χ0) is 23.8. The van der Waals surface area contributed by atoms with Crippen LogP contribution in [0.1, 0.15) is 79.4 Å². The second kappa shape index (κ2) is 7.35. The Morgan fingerprint density at radius 1 is 1.29 bits per heavy atom. The van der Waals surface area contributed by atoms with Gasteiger partial charge in [-0.05, 0) is 73.6 Å². The van der Waals surface area contributed by atoms with E-state index in [0.29, 0.717) is 18.3 Å². The van der Waals surface area contributed by atoms with Crippen LogP contribution in [0.4, 0.5) is 0 Å². The van der Waals surface area contributed by atoms with Crippen LogP contribution in [0.15, 0.2) is 22.3 Å². The number of fused-ring (bicyclic) bond motifs is 4. The number of thioether (sulfide) groups is 1. The number of rotatable bonds is 2. The maximum Gasteiger partial charge on any atom is 0.153 e. The van der Waals surface area contributed by atoms with Crippen molar-refractivity contribution in [1.82, 2.24) is 10.6 Å². The molecule has 1 aliphatic carbocycles. The lowest BCUT2D eigenvalue weighted by Crippen LogP contribution is -2.46. The molecule has 4 heteroatoms. The van der Waals surface area contributed by atoms with E-state index in [4.69, 9.17) is 11.6 Å². The van der Waals surface area contributed by atoms with Crippen LogP contribution in [0, 0.1) is 23.2 Å². The number of nitrogens with one attached hydrogen (secondary N) is 2. The Balaban J connectivity index is 1.38. The molecule has 4 heterocycles. The van der Waals surface area contributed by atoms with Gasteiger partial charge in [0.05, 0.1) is 0 Å². The van der Waals surface area contributed by atoms with Crippen LogP contribution in [0.3, 0.4) is 0 Å². The minimum atomic E-state index is -1.99. The molecule has 156 valence electrons. The Morgan fingerprint density at radius 2 is 2.18 bits per heavy atom. The first-order chi connectivity index (χ1) is 15.4. The number of hydrogen-bond donors (Lipinski definition) is 2. The third kappa shape index (κ3) is 3.58. The first-order valence-electron chi connectivity index (χ1n) is 13.6. The normalized spacial score (nSPS) is 46.8. The Labute approximate surface area is 182 Å². The van der Waals surface area contributed by atoms with E-state index in [-0.39, 0.29) is 24.2 Å². The standard InChI is InChI=1S/C24H38N2OS/c1-14-8-9-17-16-6-5-7-18(22(16)27-23(17)25-14)19-10-11-20-21(26-19)15(13-28-20)12-24(2,3)4/h11,14-17,19,21,23,25-26H,5-10,12-13H2,1-4H3/t14-,15-,16+,17?,19-,21?,23+/m1/s1/i1D3,12D2. The van der Waals surface area contributed by atoms with Crippen molar-refractivity contribution in [3.05, 3.63) is 22.3 Å². The SMILES string of the molecule is [2H]C([2H])([2H])[C@@H]1CCC2[C@@H]3CCCC([C@H]4CC=C5SC[C@@H](C([2H])([2H])C(C)(C)C)C5N4)=C3O[C@@H]2N1. The molecule has 3 saturated heterocycles. The average Bonchev–Trinajstić information content (AvgIpc) is 3.32. The Kier molecular flexibility index (Phi) is 3.82. The van der Waals surface area contributed by atoms with E-state index in [2.05, 4.69) is 16.7 Å². The number of allylic oxidation sites excluding steroid dienone is 1. The zero-order valence-corrected chi connectivity index (χ0v) is 18.2. The smallest absolute Gasteiger partial charge is 0.153 e. The van der Waals surface area contributed by atoms with Gasteiger partial charge >= 0.3 is 0 Å². The topological polar surface area (TPSA) is 33.3 Å². The van der Waals surface area contributed by atoms with Crippen molar-refractivity contribution < 1.29 is 11.6 Å². The molecular weight excluding hydrogens is 364 g/mol. The van der Waals surface area contributed by atoms with Crippen LogP contribution < -0.4 is 10.6 Å². The van der Waals surface area contributed by atoms with E-state index in [1.54, 1.807) is 0 Å². The first kappa shape index (κ1) is 14.5. The highest BCUT2D eigenvalue weighted by atomic mass is 32.2. The summed E-state index contributed by atoms with van der Waals surface area (Å²) in [5.74, 6) is 2.59. The molecule has 5 rings (SSSR count). The van der Waals surface area contributed by atoms with Gasteiger partial charge in [-0.2, -0.15) is 0 Å². The Morgan fingerprint density at radius 3 is 3.00 bits per heavy atom. The van der Waals surface area contributed by atoms with Crippen molar-refractivity contribution in [2.75, 3.05) is 5.75 Å². The second-order valence-electron chi connectivity index (χ2n) is 10.2. The molecule has 28 heavy (non-hydrogen) atoms. The molecular formula is C24H38N2OS. The Bertz CT molecular complexity index is 849. The highest BCUT2D eigenvalue weighted by Gasteiger charge is 2.48. The highest BCUT2D eigenvalue weighted by molar-refractivity contribution is 8.03. The minimum Gasteiger partial charge on any atom is -0.479 e. The molecule has 7 atom stereocenters. The molecule has 4 aliphatic heterocycles.